The SMILES string of the molecule is CSCC[C@H](NC(=O)[C@@H](NC(=O)CNC(=O)[C@H](CC(C)C)NC(=O)[C@H](CCCCN)NC(=O)[C@H](CCCCN)NC(=O)[C@H](CC(C)C)NC(=O)[C@H](CCSC)NC(=O)[C@@H](NC(=O)[C@H](CCCCN)NC(=O)[C@H](CC(C)C)NC(=O)[C@H](CC(C)C)NC(=O)[C@H](C)N)[C@@H](C)O)[C@@H](C)O)C(=O)N[C@@H](C)C(=O)N[C@@H](CC(C)C)C(N)=O. The van der Waals surface area contributed by atoms with Crippen LogP contribution in [0.25, 0.3) is 0 Å². The zero-order valence-electron chi connectivity index (χ0n) is 68.9. The first-order chi connectivity index (χ1) is 52.5. The van der Waals surface area contributed by atoms with Crippen LogP contribution in [0.4, 0.5) is 0 Å². The van der Waals surface area contributed by atoms with E-state index >= 15 is 0 Å². The molecule has 0 aromatic heterocycles. The standard InChI is InChI=1S/C74H139N19O17S2/c1-39(2)33-53(61(79)97)87-63(99)45(12)81-65(101)51(26-31-111-15)85-73(109)59(46(13)94)92-58(96)38-80-64(100)54(34-40(3)4)89-67(103)49(24-18-21-29-76)82-66(102)48(23-17-20-28-75)83-70(106)56(36-42(7)8)90-68(104)52(27-32-112-16)86-74(110)60(47(14)95)93-69(105)50(25-19-22-30-77)84-71(107)57(37-43(9)10)91-72(108)55(35-41(5)6)88-62(98)44(11)78/h39-57,59-60,94-95H,17-38,75-78H2,1-16H3,(H2,79,97)(H,80,100)(H,81,101)(H,82,102)(H,83,106)(H,84,107)(H,85,109)(H,86,110)(H,87,99)(H,88,98)(H,89,103)(H,90,104)(H,91,108)(H,92,96)(H,93,105)/t44-,45-,46+,47+,48-,49-,50-,51-,52-,53-,54-,55-,56-,57-,59-,60-/m0/s1. The molecule has 0 aromatic carbocycles. The monoisotopic (exact) mass is 1630 g/mol. The van der Waals surface area contributed by atoms with E-state index in [0.29, 0.717) is 50.0 Å². The summed E-state index contributed by atoms with van der Waals surface area (Å²) in [5.41, 5.74) is 28.8. The average Bonchev–Trinajstić information content (AvgIpc) is 0.849. The van der Waals surface area contributed by atoms with Crippen LogP contribution in [0.1, 0.15) is 200 Å². The van der Waals surface area contributed by atoms with Crippen LogP contribution in [-0.2, 0) is 71.9 Å². The van der Waals surface area contributed by atoms with Crippen molar-refractivity contribution in [1.82, 2.24) is 74.4 Å². The van der Waals surface area contributed by atoms with Crippen LogP contribution in [0.3, 0.4) is 0 Å². The topological polar surface area (TPSA) is 595 Å². The number of amides is 15. The quantitative estimate of drug-likeness (QED) is 0.0272. The Hall–Kier alpha value is -7.49. The van der Waals surface area contributed by atoms with Crippen molar-refractivity contribution in [3.05, 3.63) is 0 Å². The first-order valence-electron chi connectivity index (χ1n) is 39.2. The largest absolute Gasteiger partial charge is 0.391 e. The predicted octanol–water partition coefficient (Wildman–Crippen LogP) is -2.86. The molecule has 0 aromatic rings. The highest BCUT2D eigenvalue weighted by molar-refractivity contribution is 7.98. The normalized spacial score (nSPS) is 15.8. The molecule has 38 heteroatoms. The average molecular weight is 1630 g/mol. The van der Waals surface area contributed by atoms with Gasteiger partial charge in [0.25, 0.3) is 0 Å². The molecule has 112 heavy (non-hydrogen) atoms. The van der Waals surface area contributed by atoms with Gasteiger partial charge in [-0.3, -0.25) is 71.9 Å². The highest BCUT2D eigenvalue weighted by Gasteiger charge is 2.39. The molecule has 26 N–H and O–H groups in total. The third kappa shape index (κ3) is 43.1. The number of thioether (sulfide) groups is 2. The molecule has 16 atom stereocenters. The minimum Gasteiger partial charge on any atom is -0.391 e. The maximum Gasteiger partial charge on any atom is 0.245 e. The smallest absolute Gasteiger partial charge is 0.245 e. The van der Waals surface area contributed by atoms with Crippen LogP contribution in [0, 0.1) is 29.6 Å². The number of nitrogens with two attached hydrogens (primary N) is 5. The summed E-state index contributed by atoms with van der Waals surface area (Å²) in [6.07, 6.45) is 3.27. The van der Waals surface area contributed by atoms with Gasteiger partial charge in [-0.25, -0.2) is 0 Å². The highest BCUT2D eigenvalue weighted by atomic mass is 32.2. The number of aliphatic hydroxyl groups is 2. The Morgan fingerprint density at radius 3 is 0.866 bits per heavy atom. The zero-order chi connectivity index (χ0) is 85.7. The summed E-state index contributed by atoms with van der Waals surface area (Å²) in [4.78, 5) is 207. The molecule has 0 spiro atoms. The Balaban J connectivity index is 6.92. The van der Waals surface area contributed by atoms with Crippen molar-refractivity contribution in [2.45, 2.75) is 296 Å². The van der Waals surface area contributed by atoms with Gasteiger partial charge in [0.05, 0.1) is 24.8 Å². The molecule has 0 saturated heterocycles. The fourth-order valence-corrected chi connectivity index (χ4v) is 12.5. The molecule has 0 saturated carbocycles. The predicted molar refractivity (Wildman–Crippen MR) is 432 cm³/mol. The molecular weight excluding hydrogens is 1490 g/mol. The van der Waals surface area contributed by atoms with E-state index in [2.05, 4.69) is 74.4 Å². The summed E-state index contributed by atoms with van der Waals surface area (Å²) in [5.74, 6) is -12.2. The summed E-state index contributed by atoms with van der Waals surface area (Å²) in [7, 11) is 0. The molecule has 0 heterocycles. The van der Waals surface area contributed by atoms with Crippen molar-refractivity contribution in [2.24, 2.45) is 58.3 Å². The van der Waals surface area contributed by atoms with Gasteiger partial charge in [-0.1, -0.05) is 69.2 Å². The fourth-order valence-electron chi connectivity index (χ4n) is 11.5. The maximum atomic E-state index is 14.6. The minimum absolute atomic E-state index is 0.000208. The van der Waals surface area contributed by atoms with Gasteiger partial charge in [0, 0.05) is 0 Å². The van der Waals surface area contributed by atoms with Crippen molar-refractivity contribution < 1.29 is 82.1 Å². The maximum absolute atomic E-state index is 14.6. The van der Waals surface area contributed by atoms with Crippen molar-refractivity contribution in [1.29, 1.82) is 0 Å². The lowest BCUT2D eigenvalue weighted by Crippen LogP contribution is -2.62. The molecule has 0 aliphatic rings. The van der Waals surface area contributed by atoms with Crippen LogP contribution in [0.2, 0.25) is 0 Å². The second-order valence-electron chi connectivity index (χ2n) is 30.8. The van der Waals surface area contributed by atoms with Gasteiger partial charge in [-0.15, -0.1) is 0 Å². The number of aliphatic hydroxyl groups excluding tert-OH is 2. The highest BCUT2D eigenvalue weighted by Crippen LogP contribution is 2.16. The number of carbonyl (C=O) groups excluding carboxylic acids is 15. The van der Waals surface area contributed by atoms with Gasteiger partial charge in [-0.05, 0) is 204 Å². The molecule has 0 fully saturated rings. The van der Waals surface area contributed by atoms with Gasteiger partial charge < -0.3 is 113 Å². The van der Waals surface area contributed by atoms with E-state index in [1.165, 1.54) is 51.2 Å². The third-order valence-corrected chi connectivity index (χ3v) is 19.0. The number of nitrogens with one attached hydrogen (secondary N) is 14. The van der Waals surface area contributed by atoms with E-state index in [9.17, 15) is 82.1 Å². The van der Waals surface area contributed by atoms with Crippen LogP contribution in [-0.4, -0.2) is 246 Å². The van der Waals surface area contributed by atoms with E-state index in [0.717, 1.165) is 0 Å². The van der Waals surface area contributed by atoms with Gasteiger partial charge >= 0.3 is 0 Å². The number of hydrogen-bond acceptors (Lipinski definition) is 23. The van der Waals surface area contributed by atoms with Crippen LogP contribution in [0.5, 0.6) is 0 Å². The molecule has 0 radical (unpaired) electrons. The molecule has 0 bridgehead atoms. The lowest BCUT2D eigenvalue weighted by atomic mass is 9.99. The third-order valence-electron chi connectivity index (χ3n) is 17.7. The molecule has 0 aliphatic heterocycles. The Kier molecular flexibility index (Phi) is 52.9. The number of hydrogen-bond donors (Lipinski definition) is 21. The van der Waals surface area contributed by atoms with E-state index in [4.69, 9.17) is 28.7 Å². The van der Waals surface area contributed by atoms with Crippen molar-refractivity contribution >= 4 is 112 Å². The van der Waals surface area contributed by atoms with Gasteiger partial charge in [0.15, 0.2) is 0 Å². The molecule has 644 valence electrons. The summed E-state index contributed by atoms with van der Waals surface area (Å²) in [5, 5.41) is 58.4. The lowest BCUT2D eigenvalue weighted by Gasteiger charge is -2.29. The van der Waals surface area contributed by atoms with Crippen LogP contribution >= 0.6 is 23.5 Å². The number of primary amides is 1. The van der Waals surface area contributed by atoms with Crippen molar-refractivity contribution in [3.63, 3.8) is 0 Å². The molecule has 0 aliphatic carbocycles. The first kappa shape index (κ1) is 105. The second kappa shape index (κ2) is 56.7. The summed E-state index contributed by atoms with van der Waals surface area (Å²) >= 11 is 2.68. The summed E-state index contributed by atoms with van der Waals surface area (Å²) < 4.78 is 0. The van der Waals surface area contributed by atoms with Crippen LogP contribution < -0.4 is 103 Å². The Morgan fingerprint density at radius 2 is 0.562 bits per heavy atom. The molecule has 15 amide bonds. The van der Waals surface area contributed by atoms with E-state index in [1.54, 1.807) is 40.2 Å². The van der Waals surface area contributed by atoms with Crippen LogP contribution in [0.15, 0.2) is 0 Å². The Labute approximate surface area is 670 Å². The minimum atomic E-state index is -1.72. The van der Waals surface area contributed by atoms with Gasteiger partial charge in [-0.2, -0.15) is 23.5 Å². The van der Waals surface area contributed by atoms with E-state index < -0.39 is 192 Å². The number of rotatable bonds is 59. The molecule has 0 rings (SSSR count). The van der Waals surface area contributed by atoms with Crippen molar-refractivity contribution in [2.75, 3.05) is 50.2 Å². The molecular formula is C74H139N19O17S2. The van der Waals surface area contributed by atoms with E-state index in [-0.39, 0.29) is 113 Å². The Morgan fingerprint density at radius 1 is 0.304 bits per heavy atom. The van der Waals surface area contributed by atoms with Gasteiger partial charge in [0.1, 0.15) is 78.5 Å². The zero-order valence-corrected chi connectivity index (χ0v) is 70.5. The molecule has 36 nitrogen and oxygen atoms in total. The number of unbranched alkanes of at least 4 members (excludes halogenated alkanes) is 3. The lowest BCUT2D eigenvalue weighted by molar-refractivity contribution is -0.137. The Bertz CT molecular complexity index is 2970. The number of carbonyl (C=O) groups is 15. The molecule has 0 unspecified atom stereocenters. The summed E-state index contributed by atoms with van der Waals surface area (Å²) in [6.45, 7) is 23.3. The summed E-state index contributed by atoms with van der Waals surface area (Å²) in [6, 6.07) is -18.1. The van der Waals surface area contributed by atoms with E-state index in [1.807, 2.05) is 41.5 Å². The second-order valence-corrected chi connectivity index (χ2v) is 32.8. The fraction of sp³-hybridized carbons (Fsp3) is 0.797. The first-order valence-corrected chi connectivity index (χ1v) is 42.0. The van der Waals surface area contributed by atoms with Gasteiger partial charge in [0.2, 0.25) is 88.6 Å². The van der Waals surface area contributed by atoms with Crippen molar-refractivity contribution in [3.8, 4) is 0 Å².